The van der Waals surface area contributed by atoms with Gasteiger partial charge in [-0.1, -0.05) is 60.1 Å². The van der Waals surface area contributed by atoms with Crippen LogP contribution in [0, 0.1) is 0 Å². The van der Waals surface area contributed by atoms with Crippen LogP contribution in [0.4, 0.5) is 10.5 Å². The summed E-state index contributed by atoms with van der Waals surface area (Å²) < 4.78 is 2.17. The van der Waals surface area contributed by atoms with E-state index in [1.54, 1.807) is 0 Å². The van der Waals surface area contributed by atoms with Crippen molar-refractivity contribution in [1.82, 2.24) is 9.47 Å². The number of urea groups is 1. The van der Waals surface area contributed by atoms with E-state index in [-0.39, 0.29) is 12.1 Å². The maximum absolute atomic E-state index is 13.5. The SMILES string of the molecule is O=C(Nc1ccccc1)N1Cc2ccccc2-n2cccc2C1c1ccc(Cl)cc1. The van der Waals surface area contributed by atoms with E-state index in [4.69, 9.17) is 11.6 Å². The number of carbonyl (C=O) groups excluding carboxylic acids is 1. The number of hydrogen-bond acceptors (Lipinski definition) is 1. The third kappa shape index (κ3) is 3.36. The number of aromatic nitrogens is 1. The molecule has 5 heteroatoms. The van der Waals surface area contributed by atoms with Crippen molar-refractivity contribution in [2.24, 2.45) is 0 Å². The van der Waals surface area contributed by atoms with E-state index in [0.717, 1.165) is 28.2 Å². The molecule has 2 amide bonds. The van der Waals surface area contributed by atoms with Gasteiger partial charge in [0.1, 0.15) is 0 Å². The highest BCUT2D eigenvalue weighted by Gasteiger charge is 2.32. The molecule has 0 radical (unpaired) electrons. The molecule has 0 aliphatic carbocycles. The largest absolute Gasteiger partial charge is 0.322 e. The number of hydrogen-bond donors (Lipinski definition) is 1. The molecule has 3 aromatic carbocycles. The second-order valence-electron chi connectivity index (χ2n) is 7.31. The Morgan fingerprint density at radius 3 is 2.40 bits per heavy atom. The van der Waals surface area contributed by atoms with Crippen LogP contribution in [0.15, 0.2) is 97.2 Å². The van der Waals surface area contributed by atoms with E-state index >= 15 is 0 Å². The van der Waals surface area contributed by atoms with Gasteiger partial charge in [0.15, 0.2) is 0 Å². The minimum Gasteiger partial charge on any atom is -0.318 e. The highest BCUT2D eigenvalue weighted by molar-refractivity contribution is 6.30. The monoisotopic (exact) mass is 413 g/mol. The van der Waals surface area contributed by atoms with E-state index in [1.807, 2.05) is 77.7 Å². The summed E-state index contributed by atoms with van der Waals surface area (Å²) in [5, 5.41) is 3.73. The predicted molar refractivity (Wildman–Crippen MR) is 120 cm³/mol. The maximum atomic E-state index is 13.5. The third-order valence-electron chi connectivity index (χ3n) is 5.44. The van der Waals surface area contributed by atoms with E-state index in [9.17, 15) is 4.79 Å². The van der Waals surface area contributed by atoms with E-state index in [2.05, 4.69) is 34.3 Å². The van der Waals surface area contributed by atoms with Gasteiger partial charge in [-0.15, -0.1) is 0 Å². The highest BCUT2D eigenvalue weighted by atomic mass is 35.5. The fourth-order valence-corrected chi connectivity index (χ4v) is 4.18. The van der Waals surface area contributed by atoms with Gasteiger partial charge in [0, 0.05) is 22.6 Å². The normalized spacial score (nSPS) is 15.1. The Kier molecular flexibility index (Phi) is 4.77. The lowest BCUT2D eigenvalue weighted by atomic mass is 10.0. The Labute approximate surface area is 180 Å². The number of carbonyl (C=O) groups is 1. The fraction of sp³-hybridized carbons (Fsp3) is 0.0800. The molecule has 1 aliphatic rings. The van der Waals surface area contributed by atoms with Crippen LogP contribution in [0.2, 0.25) is 5.02 Å². The Hall–Kier alpha value is -3.50. The van der Waals surface area contributed by atoms with Crippen LogP contribution in [0.25, 0.3) is 5.69 Å². The zero-order valence-corrected chi connectivity index (χ0v) is 17.0. The lowest BCUT2D eigenvalue weighted by molar-refractivity contribution is 0.194. The molecule has 1 unspecified atom stereocenters. The smallest absolute Gasteiger partial charge is 0.318 e. The molecule has 4 nitrogen and oxygen atoms in total. The van der Waals surface area contributed by atoms with Crippen molar-refractivity contribution in [1.29, 1.82) is 0 Å². The highest BCUT2D eigenvalue weighted by Crippen LogP contribution is 2.37. The summed E-state index contributed by atoms with van der Waals surface area (Å²) in [6.07, 6.45) is 2.05. The van der Waals surface area contributed by atoms with Crippen LogP contribution in [-0.4, -0.2) is 15.5 Å². The summed E-state index contributed by atoms with van der Waals surface area (Å²) in [4.78, 5) is 15.4. The molecule has 2 heterocycles. The molecule has 1 aromatic heterocycles. The van der Waals surface area contributed by atoms with E-state index in [0.29, 0.717) is 11.6 Å². The van der Waals surface area contributed by atoms with Crippen molar-refractivity contribution in [2.45, 2.75) is 12.6 Å². The van der Waals surface area contributed by atoms with E-state index < -0.39 is 0 Å². The van der Waals surface area contributed by atoms with Crippen molar-refractivity contribution in [2.75, 3.05) is 5.32 Å². The second-order valence-corrected chi connectivity index (χ2v) is 7.75. The molecule has 0 saturated heterocycles. The van der Waals surface area contributed by atoms with Crippen LogP contribution >= 0.6 is 11.6 Å². The number of nitrogens with zero attached hydrogens (tertiary/aromatic N) is 2. The van der Waals surface area contributed by atoms with Crippen molar-refractivity contribution in [3.05, 3.63) is 119 Å². The minimum atomic E-state index is -0.256. The van der Waals surface area contributed by atoms with Crippen LogP contribution in [0.5, 0.6) is 0 Å². The number of fused-ring (bicyclic) bond motifs is 3. The van der Waals surface area contributed by atoms with Crippen molar-refractivity contribution < 1.29 is 4.79 Å². The van der Waals surface area contributed by atoms with Gasteiger partial charge < -0.3 is 14.8 Å². The number of anilines is 1. The average molecular weight is 414 g/mol. The summed E-state index contributed by atoms with van der Waals surface area (Å²) in [6.45, 7) is 0.490. The number of nitrogens with one attached hydrogen (secondary N) is 1. The number of halogens is 1. The summed E-state index contributed by atoms with van der Waals surface area (Å²) in [5.41, 5.74) is 4.99. The van der Waals surface area contributed by atoms with Gasteiger partial charge in [-0.2, -0.15) is 0 Å². The number of para-hydroxylation sites is 2. The van der Waals surface area contributed by atoms with Crippen LogP contribution < -0.4 is 5.32 Å². The molecular weight excluding hydrogens is 394 g/mol. The van der Waals surface area contributed by atoms with Gasteiger partial charge in [-0.05, 0) is 53.6 Å². The number of rotatable bonds is 2. The zero-order chi connectivity index (χ0) is 20.5. The molecule has 4 aromatic rings. The molecule has 5 rings (SSSR count). The quantitative estimate of drug-likeness (QED) is 0.413. The Morgan fingerprint density at radius 1 is 0.867 bits per heavy atom. The first-order valence-corrected chi connectivity index (χ1v) is 10.2. The summed E-state index contributed by atoms with van der Waals surface area (Å²) >= 11 is 6.14. The molecule has 148 valence electrons. The lowest BCUT2D eigenvalue weighted by Gasteiger charge is -2.31. The summed E-state index contributed by atoms with van der Waals surface area (Å²) in [7, 11) is 0. The van der Waals surface area contributed by atoms with E-state index in [1.165, 1.54) is 0 Å². The average Bonchev–Trinajstić information content (AvgIpc) is 3.20. The molecular formula is C25H20ClN3O. The van der Waals surface area contributed by atoms with Crippen molar-refractivity contribution in [3.63, 3.8) is 0 Å². The first-order chi connectivity index (χ1) is 14.7. The minimum absolute atomic E-state index is 0.148. The number of benzene rings is 3. The van der Waals surface area contributed by atoms with Gasteiger partial charge in [0.25, 0.3) is 0 Å². The first kappa shape index (κ1) is 18.5. The second kappa shape index (κ2) is 7.73. The molecule has 1 atom stereocenters. The third-order valence-corrected chi connectivity index (χ3v) is 5.69. The van der Waals surface area contributed by atoms with Gasteiger partial charge in [0.05, 0.1) is 18.3 Å². The van der Waals surface area contributed by atoms with Gasteiger partial charge >= 0.3 is 6.03 Å². The Bertz CT molecular complexity index is 1180. The summed E-state index contributed by atoms with van der Waals surface area (Å²) in [5.74, 6) is 0. The van der Waals surface area contributed by atoms with Crippen molar-refractivity contribution in [3.8, 4) is 5.69 Å². The van der Waals surface area contributed by atoms with Crippen LogP contribution in [-0.2, 0) is 6.54 Å². The molecule has 0 spiro atoms. The van der Waals surface area contributed by atoms with Gasteiger partial charge in [-0.25, -0.2) is 4.79 Å². The van der Waals surface area contributed by atoms with Crippen molar-refractivity contribution >= 4 is 23.3 Å². The Balaban J connectivity index is 1.64. The topological polar surface area (TPSA) is 37.3 Å². The van der Waals surface area contributed by atoms with Crippen LogP contribution in [0.3, 0.4) is 0 Å². The Morgan fingerprint density at radius 2 is 1.60 bits per heavy atom. The molecule has 1 aliphatic heterocycles. The molecule has 0 bridgehead atoms. The molecule has 0 saturated carbocycles. The maximum Gasteiger partial charge on any atom is 0.322 e. The number of amides is 2. The molecule has 0 fully saturated rings. The summed E-state index contributed by atoms with van der Waals surface area (Å²) in [6, 6.07) is 29.2. The van der Waals surface area contributed by atoms with Crippen LogP contribution in [0.1, 0.15) is 22.9 Å². The zero-order valence-electron chi connectivity index (χ0n) is 16.2. The molecule has 1 N–H and O–H groups in total. The predicted octanol–water partition coefficient (Wildman–Crippen LogP) is 6.27. The first-order valence-electron chi connectivity index (χ1n) is 9.84. The fourth-order valence-electron chi connectivity index (χ4n) is 4.05. The molecule has 30 heavy (non-hydrogen) atoms. The van der Waals surface area contributed by atoms with Gasteiger partial charge in [0.2, 0.25) is 0 Å². The standard InChI is InChI=1S/C25H20ClN3O/c26-20-14-12-18(13-15-20)24-23-11-6-16-28(23)22-10-5-4-7-19(22)17-29(24)25(30)27-21-8-2-1-3-9-21/h1-16,24H,17H2,(H,27,30). The lowest BCUT2D eigenvalue weighted by Crippen LogP contribution is -2.37. The van der Waals surface area contributed by atoms with Gasteiger partial charge in [-0.3, -0.25) is 0 Å².